The number of imidazole rings is 1. The van der Waals surface area contributed by atoms with E-state index in [1.807, 2.05) is 59.3 Å². The van der Waals surface area contributed by atoms with E-state index < -0.39 is 0 Å². The molecule has 3 rings (SSSR count). The van der Waals surface area contributed by atoms with E-state index >= 15 is 0 Å². The molecule has 0 bridgehead atoms. The number of carbonyl (C=O) groups excluding carboxylic acids is 1. The quantitative estimate of drug-likeness (QED) is 0.604. The summed E-state index contributed by atoms with van der Waals surface area (Å²) in [6.45, 7) is 0. The van der Waals surface area contributed by atoms with Crippen molar-refractivity contribution in [1.29, 1.82) is 0 Å². The molecule has 2 aromatic carbocycles. The summed E-state index contributed by atoms with van der Waals surface area (Å²) in [6, 6.07) is 15.2. The molecular formula is C18H16BrN3O2S. The van der Waals surface area contributed by atoms with Crippen molar-refractivity contribution < 1.29 is 9.53 Å². The first-order valence-corrected chi connectivity index (χ1v) is 9.29. The number of halogens is 1. The van der Waals surface area contributed by atoms with E-state index in [-0.39, 0.29) is 11.7 Å². The summed E-state index contributed by atoms with van der Waals surface area (Å²) < 4.78 is 8.08. The molecule has 7 heteroatoms. The van der Waals surface area contributed by atoms with Gasteiger partial charge in [-0.1, -0.05) is 27.7 Å². The number of benzene rings is 2. The van der Waals surface area contributed by atoms with Gasteiger partial charge >= 0.3 is 0 Å². The molecule has 0 atom stereocenters. The predicted molar refractivity (Wildman–Crippen MR) is 104 cm³/mol. The van der Waals surface area contributed by atoms with Gasteiger partial charge in [-0.05, 0) is 48.5 Å². The van der Waals surface area contributed by atoms with E-state index in [1.54, 1.807) is 13.3 Å². The van der Waals surface area contributed by atoms with Crippen molar-refractivity contribution in [3.05, 3.63) is 65.4 Å². The molecule has 0 saturated heterocycles. The maximum atomic E-state index is 12.1. The number of ether oxygens (including phenoxy) is 1. The lowest BCUT2D eigenvalue weighted by atomic mass is 10.3. The standard InChI is InChI=1S/C18H16BrN3O2S/c1-24-16-8-4-14(5-9-16)21-17(23)12-25-18-20-10-11-22(18)15-6-2-13(19)3-7-15/h2-11H,12H2,1H3,(H,21,23). The minimum atomic E-state index is -0.0828. The van der Waals surface area contributed by atoms with Crippen LogP contribution in [0.15, 0.2) is 70.6 Å². The van der Waals surface area contributed by atoms with E-state index in [2.05, 4.69) is 26.2 Å². The molecule has 0 aliphatic carbocycles. The van der Waals surface area contributed by atoms with E-state index in [4.69, 9.17) is 4.74 Å². The van der Waals surface area contributed by atoms with Crippen LogP contribution >= 0.6 is 27.7 Å². The lowest BCUT2D eigenvalue weighted by Gasteiger charge is -2.08. The molecule has 0 saturated carbocycles. The summed E-state index contributed by atoms with van der Waals surface area (Å²) in [6.07, 6.45) is 3.61. The summed E-state index contributed by atoms with van der Waals surface area (Å²) in [5.74, 6) is 0.948. The predicted octanol–water partition coefficient (Wildman–Crippen LogP) is 4.37. The number of hydrogen-bond donors (Lipinski definition) is 1. The number of rotatable bonds is 6. The Labute approximate surface area is 158 Å². The molecular weight excluding hydrogens is 402 g/mol. The van der Waals surface area contributed by atoms with Crippen LogP contribution in [0.3, 0.4) is 0 Å². The first-order chi connectivity index (χ1) is 12.2. The minimum absolute atomic E-state index is 0.0828. The third-order valence-corrected chi connectivity index (χ3v) is 4.91. The van der Waals surface area contributed by atoms with Gasteiger partial charge in [0.2, 0.25) is 5.91 Å². The average Bonchev–Trinajstić information content (AvgIpc) is 3.10. The van der Waals surface area contributed by atoms with Crippen molar-refractivity contribution in [1.82, 2.24) is 9.55 Å². The topological polar surface area (TPSA) is 56.1 Å². The van der Waals surface area contributed by atoms with Gasteiger partial charge in [0.25, 0.3) is 0 Å². The molecule has 1 N–H and O–H groups in total. The molecule has 5 nitrogen and oxygen atoms in total. The zero-order valence-electron chi connectivity index (χ0n) is 13.5. The second-order valence-electron chi connectivity index (χ2n) is 5.12. The van der Waals surface area contributed by atoms with Gasteiger partial charge in [0.1, 0.15) is 5.75 Å². The molecule has 3 aromatic rings. The summed E-state index contributed by atoms with van der Waals surface area (Å²) in [4.78, 5) is 16.5. The van der Waals surface area contributed by atoms with E-state index in [1.165, 1.54) is 11.8 Å². The normalized spacial score (nSPS) is 10.5. The highest BCUT2D eigenvalue weighted by Crippen LogP contribution is 2.22. The van der Waals surface area contributed by atoms with Crippen molar-refractivity contribution in [2.75, 3.05) is 18.2 Å². The second kappa shape index (κ2) is 8.22. The fraction of sp³-hybridized carbons (Fsp3) is 0.111. The molecule has 0 fully saturated rings. The molecule has 0 unspecified atom stereocenters. The van der Waals surface area contributed by atoms with Crippen molar-refractivity contribution in [3.8, 4) is 11.4 Å². The van der Waals surface area contributed by atoms with Gasteiger partial charge in [-0.2, -0.15) is 0 Å². The Morgan fingerprint density at radius 1 is 1.20 bits per heavy atom. The van der Waals surface area contributed by atoms with Gasteiger partial charge < -0.3 is 10.1 Å². The van der Waals surface area contributed by atoms with Crippen molar-refractivity contribution in [3.63, 3.8) is 0 Å². The first kappa shape index (κ1) is 17.6. The van der Waals surface area contributed by atoms with Crippen LogP contribution in [0.4, 0.5) is 5.69 Å². The van der Waals surface area contributed by atoms with Gasteiger partial charge in [0.05, 0.1) is 12.9 Å². The third kappa shape index (κ3) is 4.64. The number of amides is 1. The fourth-order valence-corrected chi connectivity index (χ4v) is 3.23. The largest absolute Gasteiger partial charge is 0.497 e. The molecule has 0 spiro atoms. The Morgan fingerprint density at radius 3 is 2.60 bits per heavy atom. The number of nitrogens with zero attached hydrogens (tertiary/aromatic N) is 2. The molecule has 1 aromatic heterocycles. The van der Waals surface area contributed by atoms with Gasteiger partial charge in [-0.3, -0.25) is 9.36 Å². The van der Waals surface area contributed by atoms with Crippen molar-refractivity contribution in [2.24, 2.45) is 0 Å². The monoisotopic (exact) mass is 417 g/mol. The number of nitrogens with one attached hydrogen (secondary N) is 1. The van der Waals surface area contributed by atoms with Crippen LogP contribution in [0.5, 0.6) is 5.75 Å². The summed E-state index contributed by atoms with van der Waals surface area (Å²) >= 11 is 4.82. The zero-order valence-corrected chi connectivity index (χ0v) is 15.9. The zero-order chi connectivity index (χ0) is 17.6. The smallest absolute Gasteiger partial charge is 0.234 e. The van der Waals surface area contributed by atoms with Crippen LogP contribution in [0, 0.1) is 0 Å². The Balaban J connectivity index is 1.61. The Morgan fingerprint density at radius 2 is 1.92 bits per heavy atom. The second-order valence-corrected chi connectivity index (χ2v) is 6.98. The number of aromatic nitrogens is 2. The molecule has 128 valence electrons. The number of thioether (sulfide) groups is 1. The average molecular weight is 418 g/mol. The van der Waals surface area contributed by atoms with Crippen molar-refractivity contribution >= 4 is 39.3 Å². The summed E-state index contributed by atoms with van der Waals surface area (Å²) in [5.41, 5.74) is 1.74. The van der Waals surface area contributed by atoms with E-state index in [9.17, 15) is 4.79 Å². The Hall–Kier alpha value is -2.25. The van der Waals surface area contributed by atoms with Gasteiger partial charge in [-0.15, -0.1) is 0 Å². The SMILES string of the molecule is COc1ccc(NC(=O)CSc2nccn2-c2ccc(Br)cc2)cc1. The molecule has 1 amide bonds. The van der Waals surface area contributed by atoms with Gasteiger partial charge in [0, 0.05) is 28.2 Å². The summed E-state index contributed by atoms with van der Waals surface area (Å²) in [5, 5.41) is 3.63. The van der Waals surface area contributed by atoms with Gasteiger partial charge in [-0.25, -0.2) is 4.98 Å². The number of hydrogen-bond acceptors (Lipinski definition) is 4. The Bertz CT molecular complexity index is 848. The Kier molecular flexibility index (Phi) is 5.78. The maximum absolute atomic E-state index is 12.1. The highest BCUT2D eigenvalue weighted by Gasteiger charge is 2.09. The van der Waals surface area contributed by atoms with Gasteiger partial charge in [0.15, 0.2) is 5.16 Å². The van der Waals surface area contributed by atoms with E-state index in [0.717, 1.165) is 26.8 Å². The molecule has 0 radical (unpaired) electrons. The van der Waals surface area contributed by atoms with Crippen LogP contribution < -0.4 is 10.1 Å². The van der Waals surface area contributed by atoms with Crippen LogP contribution in [0.1, 0.15) is 0 Å². The highest BCUT2D eigenvalue weighted by molar-refractivity contribution is 9.10. The fourth-order valence-electron chi connectivity index (χ4n) is 2.20. The molecule has 0 aliphatic rings. The minimum Gasteiger partial charge on any atom is -0.497 e. The molecule has 0 aliphatic heterocycles. The van der Waals surface area contributed by atoms with Crippen LogP contribution in [-0.4, -0.2) is 28.3 Å². The lowest BCUT2D eigenvalue weighted by Crippen LogP contribution is -2.14. The third-order valence-electron chi connectivity index (χ3n) is 3.42. The number of carbonyl (C=O) groups is 1. The van der Waals surface area contributed by atoms with Crippen LogP contribution in [-0.2, 0) is 4.79 Å². The number of anilines is 1. The van der Waals surface area contributed by atoms with Crippen molar-refractivity contribution in [2.45, 2.75) is 5.16 Å². The van der Waals surface area contributed by atoms with Crippen LogP contribution in [0.25, 0.3) is 5.69 Å². The van der Waals surface area contributed by atoms with Crippen LogP contribution in [0.2, 0.25) is 0 Å². The molecule has 25 heavy (non-hydrogen) atoms. The highest BCUT2D eigenvalue weighted by atomic mass is 79.9. The maximum Gasteiger partial charge on any atom is 0.234 e. The summed E-state index contributed by atoms with van der Waals surface area (Å²) in [7, 11) is 1.61. The first-order valence-electron chi connectivity index (χ1n) is 7.52. The lowest BCUT2D eigenvalue weighted by molar-refractivity contribution is -0.113. The van der Waals surface area contributed by atoms with E-state index in [0.29, 0.717) is 0 Å². The number of methoxy groups -OCH3 is 1. The molecule has 1 heterocycles.